The predicted molar refractivity (Wildman–Crippen MR) is 147 cm³/mol. The van der Waals surface area contributed by atoms with Gasteiger partial charge in [-0.15, -0.1) is 0 Å². The molecule has 0 N–H and O–H groups in total. The Morgan fingerprint density at radius 1 is 0.946 bits per heavy atom. The first-order valence-corrected chi connectivity index (χ1v) is 14.3. The zero-order valence-corrected chi connectivity index (χ0v) is 22.8. The second-order valence-corrected chi connectivity index (χ2v) is 12.7. The fourth-order valence-corrected chi connectivity index (χ4v) is 6.73. The molecule has 1 aliphatic carbocycles. The summed E-state index contributed by atoms with van der Waals surface area (Å²) in [6, 6.07) is 9.80. The Morgan fingerprint density at radius 2 is 1.70 bits per heavy atom. The molecular formula is C31H43N3O3. The lowest BCUT2D eigenvalue weighted by Gasteiger charge is -2.36. The fraction of sp³-hybridized carbons (Fsp3) is 0.645. The van der Waals surface area contributed by atoms with E-state index >= 15 is 0 Å². The van der Waals surface area contributed by atoms with Crippen LogP contribution in [-0.4, -0.2) is 65.0 Å². The van der Waals surface area contributed by atoms with Gasteiger partial charge < -0.3 is 14.5 Å². The molecule has 0 bridgehead atoms. The molecule has 6 nitrogen and oxygen atoms in total. The number of pyridine rings is 1. The third-order valence-corrected chi connectivity index (χ3v) is 8.78. The van der Waals surface area contributed by atoms with E-state index in [1.54, 1.807) is 6.20 Å². The third kappa shape index (κ3) is 6.51. The molecule has 1 amide bonds. The van der Waals surface area contributed by atoms with Crippen molar-refractivity contribution in [2.24, 2.45) is 23.7 Å². The van der Waals surface area contributed by atoms with Crippen molar-refractivity contribution in [3.05, 3.63) is 42.1 Å². The maximum Gasteiger partial charge on any atom is 0.410 e. The molecule has 2 atom stereocenters. The average molecular weight is 506 g/mol. The number of ether oxygens (including phenoxy) is 1. The summed E-state index contributed by atoms with van der Waals surface area (Å²) >= 11 is 0. The van der Waals surface area contributed by atoms with Crippen molar-refractivity contribution in [3.8, 4) is 0 Å². The Morgan fingerprint density at radius 3 is 2.49 bits per heavy atom. The fourth-order valence-electron chi connectivity index (χ4n) is 6.73. The van der Waals surface area contributed by atoms with E-state index in [1.165, 1.54) is 25.7 Å². The molecule has 0 spiro atoms. The molecule has 1 aromatic heterocycles. The number of fused-ring (bicyclic) bond motifs is 2. The van der Waals surface area contributed by atoms with Gasteiger partial charge in [-0.05, 0) is 95.3 Å². The molecule has 0 unspecified atom stereocenters. The summed E-state index contributed by atoms with van der Waals surface area (Å²) in [6.07, 6.45) is 9.52. The molecule has 37 heavy (non-hydrogen) atoms. The minimum absolute atomic E-state index is 0.152. The summed E-state index contributed by atoms with van der Waals surface area (Å²) in [5.41, 5.74) is 1.29. The summed E-state index contributed by atoms with van der Waals surface area (Å²) in [5.74, 6) is 2.74. The third-order valence-electron chi connectivity index (χ3n) is 8.78. The zero-order chi connectivity index (χ0) is 26.0. The first-order chi connectivity index (χ1) is 17.7. The molecule has 0 radical (unpaired) electrons. The minimum atomic E-state index is -0.434. The topological polar surface area (TPSA) is 62.7 Å². The molecule has 2 saturated heterocycles. The van der Waals surface area contributed by atoms with Crippen LogP contribution >= 0.6 is 0 Å². The van der Waals surface area contributed by atoms with Crippen LogP contribution in [0.15, 0.2) is 36.5 Å². The molecule has 3 aliphatic rings. The van der Waals surface area contributed by atoms with E-state index in [2.05, 4.69) is 9.88 Å². The van der Waals surface area contributed by atoms with Crippen molar-refractivity contribution >= 4 is 22.8 Å². The molecule has 2 aliphatic heterocycles. The second kappa shape index (κ2) is 11.1. The number of rotatable bonds is 6. The maximum absolute atomic E-state index is 13.1. The van der Waals surface area contributed by atoms with Crippen LogP contribution in [0.3, 0.4) is 0 Å². The normalized spacial score (nSPS) is 26.7. The Bertz CT molecular complexity index is 1100. The van der Waals surface area contributed by atoms with Gasteiger partial charge in [0.1, 0.15) is 5.60 Å². The highest BCUT2D eigenvalue weighted by Crippen LogP contribution is 2.36. The summed E-state index contributed by atoms with van der Waals surface area (Å²) < 4.78 is 5.61. The van der Waals surface area contributed by atoms with Gasteiger partial charge in [0, 0.05) is 43.2 Å². The number of ketones is 1. The van der Waals surface area contributed by atoms with Crippen molar-refractivity contribution in [2.75, 3.05) is 32.7 Å². The quantitative estimate of drug-likeness (QED) is 0.438. The molecule has 200 valence electrons. The average Bonchev–Trinajstić information content (AvgIpc) is 3.31. The number of piperidine rings is 1. The van der Waals surface area contributed by atoms with E-state index in [-0.39, 0.29) is 11.9 Å². The molecule has 5 rings (SSSR count). The van der Waals surface area contributed by atoms with Gasteiger partial charge in [0.05, 0.1) is 5.52 Å². The molecule has 3 fully saturated rings. The maximum atomic E-state index is 13.1. The van der Waals surface area contributed by atoms with Crippen LogP contribution in [-0.2, 0) is 4.74 Å². The van der Waals surface area contributed by atoms with Gasteiger partial charge in [0.15, 0.2) is 5.78 Å². The van der Waals surface area contributed by atoms with Crippen LogP contribution in [0.5, 0.6) is 0 Å². The van der Waals surface area contributed by atoms with E-state index in [0.29, 0.717) is 24.2 Å². The summed E-state index contributed by atoms with van der Waals surface area (Å²) in [4.78, 5) is 34.6. The molecule has 3 heterocycles. The van der Waals surface area contributed by atoms with Crippen molar-refractivity contribution < 1.29 is 14.3 Å². The number of Topliss-reactive ketones (excluding diaryl/α,β-unsaturated/α-hetero) is 1. The number of likely N-dealkylation sites (tertiary alicyclic amines) is 2. The van der Waals surface area contributed by atoms with E-state index in [1.807, 2.05) is 56.0 Å². The van der Waals surface area contributed by atoms with Gasteiger partial charge in [0.25, 0.3) is 0 Å². The summed E-state index contributed by atoms with van der Waals surface area (Å²) in [7, 11) is 0. The molecule has 1 aromatic carbocycles. The highest BCUT2D eigenvalue weighted by Gasteiger charge is 2.40. The number of nitrogens with zero attached hydrogens (tertiary/aromatic N) is 3. The van der Waals surface area contributed by atoms with Crippen molar-refractivity contribution in [2.45, 2.75) is 71.3 Å². The van der Waals surface area contributed by atoms with Crippen LogP contribution < -0.4 is 0 Å². The number of carbonyl (C=O) groups excluding carboxylic acids is 2. The highest BCUT2D eigenvalue weighted by atomic mass is 16.6. The van der Waals surface area contributed by atoms with Gasteiger partial charge in [-0.2, -0.15) is 0 Å². The van der Waals surface area contributed by atoms with Crippen molar-refractivity contribution in [3.63, 3.8) is 0 Å². The monoisotopic (exact) mass is 505 g/mol. The highest BCUT2D eigenvalue weighted by molar-refractivity contribution is 6.07. The van der Waals surface area contributed by atoms with E-state index < -0.39 is 5.60 Å². The number of benzene rings is 1. The predicted octanol–water partition coefficient (Wildman–Crippen LogP) is 6.19. The number of amides is 1. The minimum Gasteiger partial charge on any atom is -0.444 e. The number of carbonyl (C=O) groups is 2. The van der Waals surface area contributed by atoms with Gasteiger partial charge in [0.2, 0.25) is 0 Å². The summed E-state index contributed by atoms with van der Waals surface area (Å²) in [6.45, 7) is 10.9. The second-order valence-electron chi connectivity index (χ2n) is 12.7. The summed E-state index contributed by atoms with van der Waals surface area (Å²) in [5, 5.41) is 0.976. The zero-order valence-electron chi connectivity index (χ0n) is 22.8. The number of hydrogen-bond donors (Lipinski definition) is 0. The molecular weight excluding hydrogens is 462 g/mol. The first kappa shape index (κ1) is 26.1. The van der Waals surface area contributed by atoms with Crippen LogP contribution in [0.4, 0.5) is 4.79 Å². The molecule has 1 saturated carbocycles. The van der Waals surface area contributed by atoms with Crippen molar-refractivity contribution in [1.82, 2.24) is 14.8 Å². The smallest absolute Gasteiger partial charge is 0.410 e. The largest absolute Gasteiger partial charge is 0.444 e. The number of aromatic nitrogens is 1. The Hall–Kier alpha value is -2.47. The Kier molecular flexibility index (Phi) is 7.85. The van der Waals surface area contributed by atoms with Crippen LogP contribution in [0.25, 0.3) is 10.9 Å². The SMILES string of the molecule is CC(C)(C)OC(=O)N1C[C@@H]2CCN(CCC3CCC(CC(=O)c4cccc5ncccc45)CC3)C[C@H]2C1. The number of hydrogen-bond acceptors (Lipinski definition) is 5. The van der Waals surface area contributed by atoms with Crippen molar-refractivity contribution in [1.29, 1.82) is 0 Å². The Labute approximate surface area is 221 Å². The standard InChI is InChI=1S/C31H43N3O3/c1-31(2,3)37-30(36)34-20-24-14-17-33(19-25(24)21-34)16-13-22-9-11-23(12-10-22)18-29(35)27-6-4-8-28-26(27)7-5-15-32-28/h4-8,15,22-25H,9-14,16-21H2,1-3H3/t22?,23?,24-,25-/m0/s1. The molecule has 2 aromatic rings. The van der Waals surface area contributed by atoms with Crippen LogP contribution in [0.2, 0.25) is 0 Å². The van der Waals surface area contributed by atoms with E-state index in [9.17, 15) is 9.59 Å². The first-order valence-electron chi connectivity index (χ1n) is 14.3. The van der Waals surface area contributed by atoms with E-state index in [4.69, 9.17) is 4.74 Å². The Balaban J connectivity index is 1.04. The van der Waals surface area contributed by atoms with Crippen LogP contribution in [0, 0.1) is 23.7 Å². The molecule has 6 heteroatoms. The van der Waals surface area contributed by atoms with Gasteiger partial charge >= 0.3 is 6.09 Å². The lowest BCUT2D eigenvalue weighted by molar-refractivity contribution is 0.0284. The lowest BCUT2D eigenvalue weighted by Crippen LogP contribution is -2.41. The van der Waals surface area contributed by atoms with Gasteiger partial charge in [-0.3, -0.25) is 9.78 Å². The van der Waals surface area contributed by atoms with Crippen LogP contribution in [0.1, 0.15) is 76.1 Å². The van der Waals surface area contributed by atoms with Gasteiger partial charge in [-0.1, -0.05) is 31.0 Å². The van der Waals surface area contributed by atoms with E-state index in [0.717, 1.165) is 67.9 Å². The lowest BCUT2D eigenvalue weighted by atomic mass is 9.78. The van der Waals surface area contributed by atoms with Gasteiger partial charge in [-0.25, -0.2) is 4.79 Å².